The molecule has 3 nitrogen and oxygen atoms in total. The summed E-state index contributed by atoms with van der Waals surface area (Å²) in [6.07, 6.45) is 2.12. The van der Waals surface area contributed by atoms with Crippen LogP contribution in [0.2, 0.25) is 5.02 Å². The van der Waals surface area contributed by atoms with Crippen LogP contribution < -0.4 is 14.8 Å². The van der Waals surface area contributed by atoms with Crippen molar-refractivity contribution in [3.8, 4) is 11.5 Å². The maximum absolute atomic E-state index is 12.1. The van der Waals surface area contributed by atoms with E-state index in [-0.39, 0.29) is 6.10 Å². The zero-order chi connectivity index (χ0) is 12.1. The molecule has 0 aliphatic carbocycles. The molecule has 1 heterocycles. The third-order valence-corrected chi connectivity index (χ3v) is 2.87. The van der Waals surface area contributed by atoms with E-state index < -0.39 is 6.86 Å². The summed E-state index contributed by atoms with van der Waals surface area (Å²) in [5.74, 6) is 1.02. The Kier molecular flexibility index (Phi) is 4.45. The van der Waals surface area contributed by atoms with Gasteiger partial charge in [0.1, 0.15) is 17.6 Å². The second kappa shape index (κ2) is 6.07. The van der Waals surface area contributed by atoms with E-state index >= 15 is 0 Å². The summed E-state index contributed by atoms with van der Waals surface area (Å²) in [4.78, 5) is 0. The first-order chi connectivity index (χ1) is 8.28. The van der Waals surface area contributed by atoms with E-state index in [9.17, 15) is 4.39 Å². The van der Waals surface area contributed by atoms with Gasteiger partial charge in [-0.3, -0.25) is 0 Å². The van der Waals surface area contributed by atoms with Gasteiger partial charge in [-0.25, -0.2) is 4.39 Å². The Morgan fingerprint density at radius 3 is 2.65 bits per heavy atom. The second-order valence-corrected chi connectivity index (χ2v) is 4.38. The van der Waals surface area contributed by atoms with Crippen LogP contribution in [-0.4, -0.2) is 26.1 Å². The number of alkyl halides is 1. The molecule has 5 heteroatoms. The lowest BCUT2D eigenvalue weighted by molar-refractivity contribution is 0.159. The fourth-order valence-electron chi connectivity index (χ4n) is 1.86. The lowest BCUT2D eigenvalue weighted by Gasteiger charge is -2.24. The molecule has 0 radical (unpaired) electrons. The van der Waals surface area contributed by atoms with E-state index in [1.54, 1.807) is 18.2 Å². The van der Waals surface area contributed by atoms with E-state index in [0.717, 1.165) is 25.9 Å². The number of ether oxygens (including phenoxy) is 2. The quantitative estimate of drug-likeness (QED) is 0.902. The molecule has 0 unspecified atom stereocenters. The molecular weight excluding hydrogens is 245 g/mol. The molecule has 94 valence electrons. The van der Waals surface area contributed by atoms with Crippen LogP contribution in [-0.2, 0) is 0 Å². The fraction of sp³-hybridized carbons (Fsp3) is 0.500. The highest BCUT2D eigenvalue weighted by atomic mass is 35.5. The Morgan fingerprint density at radius 1 is 1.24 bits per heavy atom. The van der Waals surface area contributed by atoms with Gasteiger partial charge in [-0.15, -0.1) is 0 Å². The van der Waals surface area contributed by atoms with Gasteiger partial charge in [0.15, 0.2) is 0 Å². The molecule has 0 bridgehead atoms. The first-order valence-corrected chi connectivity index (χ1v) is 6.02. The molecule has 1 aromatic carbocycles. The van der Waals surface area contributed by atoms with E-state index in [0.29, 0.717) is 16.5 Å². The Hall–Kier alpha value is -1.00. The zero-order valence-corrected chi connectivity index (χ0v) is 10.2. The minimum absolute atomic E-state index is 0.188. The van der Waals surface area contributed by atoms with Gasteiger partial charge in [-0.05, 0) is 38.1 Å². The summed E-state index contributed by atoms with van der Waals surface area (Å²) in [7, 11) is 0. The molecule has 17 heavy (non-hydrogen) atoms. The average Bonchev–Trinajstić information content (AvgIpc) is 2.30. The van der Waals surface area contributed by atoms with Crippen LogP contribution in [0, 0.1) is 0 Å². The van der Waals surface area contributed by atoms with Crippen molar-refractivity contribution in [2.45, 2.75) is 18.9 Å². The smallest absolute Gasteiger partial charge is 0.228 e. The standard InChI is InChI=1S/C12H15ClFNO2/c13-9-5-11(16-8-14)7-12(6-9)17-10-1-3-15-4-2-10/h5-7,10,15H,1-4,8H2. The van der Waals surface area contributed by atoms with E-state index in [1.165, 1.54) is 0 Å². The fourth-order valence-corrected chi connectivity index (χ4v) is 2.07. The topological polar surface area (TPSA) is 30.5 Å². The van der Waals surface area contributed by atoms with Crippen molar-refractivity contribution in [1.82, 2.24) is 5.32 Å². The Bertz CT molecular complexity index is 370. The van der Waals surface area contributed by atoms with Gasteiger partial charge in [-0.1, -0.05) is 11.6 Å². The highest BCUT2D eigenvalue weighted by Gasteiger charge is 2.15. The molecule has 0 saturated carbocycles. The average molecular weight is 260 g/mol. The van der Waals surface area contributed by atoms with E-state index in [1.807, 2.05) is 0 Å². The van der Waals surface area contributed by atoms with Crippen molar-refractivity contribution in [2.75, 3.05) is 20.0 Å². The van der Waals surface area contributed by atoms with Crippen LogP contribution in [0.4, 0.5) is 4.39 Å². The van der Waals surface area contributed by atoms with Crippen LogP contribution >= 0.6 is 11.6 Å². The number of hydrogen-bond donors (Lipinski definition) is 1. The van der Waals surface area contributed by atoms with Crippen LogP contribution in [0.3, 0.4) is 0 Å². The third kappa shape index (κ3) is 3.75. The van der Waals surface area contributed by atoms with Crippen LogP contribution in [0.25, 0.3) is 0 Å². The van der Waals surface area contributed by atoms with Crippen LogP contribution in [0.1, 0.15) is 12.8 Å². The number of nitrogens with one attached hydrogen (secondary N) is 1. The van der Waals surface area contributed by atoms with Gasteiger partial charge < -0.3 is 14.8 Å². The van der Waals surface area contributed by atoms with Crippen molar-refractivity contribution in [1.29, 1.82) is 0 Å². The molecule has 1 fully saturated rings. The second-order valence-electron chi connectivity index (χ2n) is 3.94. The molecule has 1 saturated heterocycles. The first kappa shape index (κ1) is 12.5. The summed E-state index contributed by atoms with van der Waals surface area (Å²) >= 11 is 5.91. The van der Waals surface area contributed by atoms with E-state index in [2.05, 4.69) is 5.32 Å². The SMILES string of the molecule is FCOc1cc(Cl)cc(OC2CCNCC2)c1. The molecule has 0 amide bonds. The maximum Gasteiger partial charge on any atom is 0.228 e. The molecule has 2 rings (SSSR count). The minimum Gasteiger partial charge on any atom is -0.490 e. The van der Waals surface area contributed by atoms with Crippen molar-refractivity contribution < 1.29 is 13.9 Å². The van der Waals surface area contributed by atoms with Gasteiger partial charge in [-0.2, -0.15) is 0 Å². The van der Waals surface area contributed by atoms with Gasteiger partial charge in [0.2, 0.25) is 6.86 Å². The third-order valence-electron chi connectivity index (χ3n) is 2.65. The number of benzene rings is 1. The first-order valence-electron chi connectivity index (χ1n) is 5.64. The van der Waals surface area contributed by atoms with E-state index in [4.69, 9.17) is 21.1 Å². The predicted octanol–water partition coefficient (Wildman–Crippen LogP) is 2.78. The zero-order valence-electron chi connectivity index (χ0n) is 9.42. The Labute approximate surface area is 105 Å². The number of hydrogen-bond acceptors (Lipinski definition) is 3. The molecule has 0 spiro atoms. The monoisotopic (exact) mass is 259 g/mol. The molecule has 0 atom stereocenters. The maximum atomic E-state index is 12.1. The Morgan fingerprint density at radius 2 is 1.94 bits per heavy atom. The summed E-state index contributed by atoms with van der Waals surface area (Å²) in [5.41, 5.74) is 0. The van der Waals surface area contributed by atoms with Crippen molar-refractivity contribution in [3.63, 3.8) is 0 Å². The normalized spacial score (nSPS) is 16.8. The lowest BCUT2D eigenvalue weighted by Crippen LogP contribution is -2.34. The molecule has 1 aliphatic rings. The molecular formula is C12H15ClFNO2. The number of rotatable bonds is 4. The van der Waals surface area contributed by atoms with Gasteiger partial charge in [0.05, 0.1) is 0 Å². The lowest BCUT2D eigenvalue weighted by atomic mass is 10.1. The summed E-state index contributed by atoms with van der Waals surface area (Å²) in [6.45, 7) is 1.05. The predicted molar refractivity (Wildman–Crippen MR) is 64.6 cm³/mol. The summed E-state index contributed by atoms with van der Waals surface area (Å²) in [6, 6.07) is 4.94. The Balaban J connectivity index is 2.03. The van der Waals surface area contributed by atoms with Gasteiger partial charge in [0.25, 0.3) is 0 Å². The highest BCUT2D eigenvalue weighted by Crippen LogP contribution is 2.27. The van der Waals surface area contributed by atoms with Crippen LogP contribution in [0.5, 0.6) is 11.5 Å². The molecule has 1 aliphatic heterocycles. The van der Waals surface area contributed by atoms with Crippen molar-refractivity contribution in [2.24, 2.45) is 0 Å². The van der Waals surface area contributed by atoms with Crippen LogP contribution in [0.15, 0.2) is 18.2 Å². The number of halogens is 2. The largest absolute Gasteiger partial charge is 0.490 e. The summed E-state index contributed by atoms with van der Waals surface area (Å²) < 4.78 is 22.7. The van der Waals surface area contributed by atoms with Crippen molar-refractivity contribution >= 4 is 11.6 Å². The number of piperidine rings is 1. The summed E-state index contributed by atoms with van der Waals surface area (Å²) in [5, 5.41) is 3.75. The van der Waals surface area contributed by atoms with Gasteiger partial charge >= 0.3 is 0 Å². The molecule has 1 N–H and O–H groups in total. The molecule has 0 aromatic heterocycles. The minimum atomic E-state index is -0.868. The highest BCUT2D eigenvalue weighted by molar-refractivity contribution is 6.30. The van der Waals surface area contributed by atoms with Crippen molar-refractivity contribution in [3.05, 3.63) is 23.2 Å². The van der Waals surface area contributed by atoms with Gasteiger partial charge in [0, 0.05) is 11.1 Å². The molecule has 1 aromatic rings.